The van der Waals surface area contributed by atoms with Gasteiger partial charge in [-0.1, -0.05) is 0 Å². The third-order valence-electron chi connectivity index (χ3n) is 0.929. The summed E-state index contributed by atoms with van der Waals surface area (Å²) in [5, 5.41) is 7.14. The second-order valence-electron chi connectivity index (χ2n) is 1.54. The Morgan fingerprint density at radius 3 is 2.86 bits per heavy atom. The first-order chi connectivity index (χ1) is 3.39. The third kappa shape index (κ3) is 1.63. The van der Waals surface area contributed by atoms with Crippen molar-refractivity contribution >= 4 is 11.6 Å². The zero-order valence-electron chi connectivity index (χ0n) is 4.02. The Labute approximate surface area is 48.2 Å². The molecule has 0 aromatic heterocycles. The van der Waals surface area contributed by atoms with Crippen molar-refractivity contribution in [1.82, 2.24) is 10.6 Å². The van der Waals surface area contributed by atoms with Crippen molar-refractivity contribution in [3.05, 3.63) is 0 Å². The lowest BCUT2D eigenvalue weighted by atomic mass is 10.4. The van der Waals surface area contributed by atoms with Crippen LogP contribution in [0.2, 0.25) is 0 Å². The summed E-state index contributed by atoms with van der Waals surface area (Å²) in [7, 11) is 0. The summed E-state index contributed by atoms with van der Waals surface area (Å²) in [4.78, 5) is 0. The van der Waals surface area contributed by atoms with E-state index in [9.17, 15) is 0 Å². The maximum absolute atomic E-state index is 5.59. The van der Waals surface area contributed by atoms with E-state index in [1.807, 2.05) is 0 Å². The van der Waals surface area contributed by atoms with Gasteiger partial charge >= 0.3 is 0 Å². The molecule has 1 aliphatic heterocycles. The highest BCUT2D eigenvalue weighted by atomic mass is 35.5. The van der Waals surface area contributed by atoms with E-state index in [1.165, 1.54) is 0 Å². The summed E-state index contributed by atoms with van der Waals surface area (Å²) in [6, 6.07) is 0. The number of nitrogens with zero attached hydrogens (tertiary/aromatic N) is 1. The van der Waals surface area contributed by atoms with Crippen molar-refractivity contribution in [2.24, 2.45) is 0 Å². The van der Waals surface area contributed by atoms with E-state index in [-0.39, 0.29) is 5.50 Å². The number of alkyl halides is 1. The molecule has 1 fully saturated rings. The molecule has 1 radical (unpaired) electrons. The molecule has 7 heavy (non-hydrogen) atoms. The van der Waals surface area contributed by atoms with Gasteiger partial charge in [-0.3, -0.25) is 0 Å². The first kappa shape index (κ1) is 5.35. The molecule has 41 valence electrons. The summed E-state index contributed by atoms with van der Waals surface area (Å²) >= 11 is 5.59. The minimum absolute atomic E-state index is 0.0220. The molecule has 1 rings (SSSR count). The Kier molecular flexibility index (Phi) is 1.91. The van der Waals surface area contributed by atoms with Gasteiger partial charge < -0.3 is 5.32 Å². The number of halogens is 1. The maximum atomic E-state index is 5.59. The molecule has 1 N–H and O–H groups in total. The Morgan fingerprint density at radius 1 is 1.71 bits per heavy atom. The molecule has 1 heterocycles. The van der Waals surface area contributed by atoms with Gasteiger partial charge in [-0.15, -0.1) is 11.6 Å². The SMILES string of the molecule is ClC1CNCC[N]1. The van der Waals surface area contributed by atoms with Crippen molar-refractivity contribution < 1.29 is 0 Å². The number of hydrogen-bond acceptors (Lipinski definition) is 1. The predicted octanol–water partition coefficient (Wildman–Crippen LogP) is -0.241. The van der Waals surface area contributed by atoms with E-state index >= 15 is 0 Å². The quantitative estimate of drug-likeness (QED) is 0.346. The second-order valence-corrected chi connectivity index (χ2v) is 2.05. The Hall–Kier alpha value is 0.210. The summed E-state index contributed by atoms with van der Waals surface area (Å²) in [5.41, 5.74) is 0.0220. The van der Waals surface area contributed by atoms with Crippen LogP contribution >= 0.6 is 11.6 Å². The zero-order chi connectivity index (χ0) is 5.11. The van der Waals surface area contributed by atoms with E-state index in [1.54, 1.807) is 0 Å². The van der Waals surface area contributed by atoms with Crippen LogP contribution in [0.4, 0.5) is 0 Å². The summed E-state index contributed by atoms with van der Waals surface area (Å²) in [6.07, 6.45) is 0. The van der Waals surface area contributed by atoms with Crippen LogP contribution in [0.3, 0.4) is 0 Å². The largest absolute Gasteiger partial charge is 0.313 e. The zero-order valence-corrected chi connectivity index (χ0v) is 4.78. The molecule has 1 aliphatic rings. The van der Waals surface area contributed by atoms with Crippen molar-refractivity contribution in [2.75, 3.05) is 19.6 Å². The Bertz CT molecular complexity index is 51.7. The van der Waals surface area contributed by atoms with Gasteiger partial charge in [0.1, 0.15) is 5.50 Å². The van der Waals surface area contributed by atoms with Gasteiger partial charge in [0.05, 0.1) is 0 Å². The fraction of sp³-hybridized carbons (Fsp3) is 1.00. The van der Waals surface area contributed by atoms with Crippen molar-refractivity contribution in [2.45, 2.75) is 5.50 Å². The van der Waals surface area contributed by atoms with Crippen molar-refractivity contribution in [3.8, 4) is 0 Å². The molecule has 1 saturated heterocycles. The number of piperazine rings is 1. The molecular formula is C4H8ClN2. The van der Waals surface area contributed by atoms with Crippen LogP contribution in [0, 0.1) is 0 Å². The van der Waals surface area contributed by atoms with Crippen LogP contribution < -0.4 is 10.6 Å². The molecule has 0 spiro atoms. The highest BCUT2D eigenvalue weighted by molar-refractivity contribution is 6.20. The summed E-state index contributed by atoms with van der Waals surface area (Å²) < 4.78 is 0. The molecule has 0 amide bonds. The average Bonchev–Trinajstić information content (AvgIpc) is 1.69. The van der Waals surface area contributed by atoms with Gasteiger partial charge in [0.25, 0.3) is 0 Å². The fourth-order valence-electron chi connectivity index (χ4n) is 0.569. The second kappa shape index (κ2) is 2.50. The monoisotopic (exact) mass is 119 g/mol. The van der Waals surface area contributed by atoms with Gasteiger partial charge in [-0.2, -0.15) is 0 Å². The highest BCUT2D eigenvalue weighted by Gasteiger charge is 2.07. The molecule has 0 aliphatic carbocycles. The molecule has 0 saturated carbocycles. The van der Waals surface area contributed by atoms with Gasteiger partial charge in [-0.05, 0) is 0 Å². The first-order valence-corrected chi connectivity index (χ1v) is 2.84. The van der Waals surface area contributed by atoms with Gasteiger partial charge in [-0.25, -0.2) is 5.32 Å². The van der Waals surface area contributed by atoms with Crippen molar-refractivity contribution in [1.29, 1.82) is 0 Å². The Balaban J connectivity index is 2.12. The molecule has 2 nitrogen and oxygen atoms in total. The third-order valence-corrected chi connectivity index (χ3v) is 1.22. The standard InChI is InChI=1S/C4H8ClN2/c5-4-3-6-1-2-7-4/h4,6H,1-3H2. The van der Waals surface area contributed by atoms with E-state index in [4.69, 9.17) is 11.6 Å². The van der Waals surface area contributed by atoms with E-state index in [0.717, 1.165) is 19.6 Å². The lowest BCUT2D eigenvalue weighted by Gasteiger charge is -2.15. The highest BCUT2D eigenvalue weighted by Crippen LogP contribution is 1.92. The van der Waals surface area contributed by atoms with Crippen LogP contribution in [-0.2, 0) is 0 Å². The minimum Gasteiger partial charge on any atom is -0.313 e. The normalized spacial score (nSPS) is 33.0. The lowest BCUT2D eigenvalue weighted by molar-refractivity contribution is 0.493. The van der Waals surface area contributed by atoms with E-state index in [2.05, 4.69) is 10.6 Å². The molecule has 0 aromatic rings. The molecular weight excluding hydrogens is 112 g/mol. The van der Waals surface area contributed by atoms with Gasteiger partial charge in [0.15, 0.2) is 0 Å². The van der Waals surface area contributed by atoms with Crippen LogP contribution in [0.1, 0.15) is 0 Å². The smallest absolute Gasteiger partial charge is 0.111 e. The minimum atomic E-state index is 0.0220. The average molecular weight is 120 g/mol. The lowest BCUT2D eigenvalue weighted by Crippen LogP contribution is -2.40. The number of rotatable bonds is 0. The van der Waals surface area contributed by atoms with E-state index < -0.39 is 0 Å². The number of hydrogen-bond donors (Lipinski definition) is 1. The van der Waals surface area contributed by atoms with E-state index in [0.29, 0.717) is 0 Å². The predicted molar refractivity (Wildman–Crippen MR) is 29.5 cm³/mol. The van der Waals surface area contributed by atoms with Crippen LogP contribution in [0.5, 0.6) is 0 Å². The molecule has 3 heteroatoms. The summed E-state index contributed by atoms with van der Waals surface area (Å²) in [6.45, 7) is 2.69. The molecule has 0 aromatic carbocycles. The maximum Gasteiger partial charge on any atom is 0.111 e. The topological polar surface area (TPSA) is 26.1 Å². The first-order valence-electron chi connectivity index (χ1n) is 2.41. The number of nitrogens with one attached hydrogen (secondary N) is 1. The fourth-order valence-corrected chi connectivity index (χ4v) is 0.776. The Morgan fingerprint density at radius 2 is 2.57 bits per heavy atom. The summed E-state index contributed by atoms with van der Waals surface area (Å²) in [5.74, 6) is 0. The van der Waals surface area contributed by atoms with Crippen molar-refractivity contribution in [3.63, 3.8) is 0 Å². The van der Waals surface area contributed by atoms with Gasteiger partial charge in [0, 0.05) is 19.6 Å². The molecule has 1 unspecified atom stereocenters. The molecule has 0 bridgehead atoms. The molecule has 1 atom stereocenters. The van der Waals surface area contributed by atoms with Crippen LogP contribution in [-0.4, -0.2) is 25.1 Å². The van der Waals surface area contributed by atoms with Crippen LogP contribution in [0.25, 0.3) is 0 Å². The van der Waals surface area contributed by atoms with Crippen LogP contribution in [0.15, 0.2) is 0 Å². The van der Waals surface area contributed by atoms with Gasteiger partial charge in [0.2, 0.25) is 0 Å².